The molecule has 0 bridgehead atoms. The maximum absolute atomic E-state index is 4.69. The van der Waals surface area contributed by atoms with E-state index in [0.717, 1.165) is 11.6 Å². The largest absolute Gasteiger partial charge is 0.256 e. The number of pyridine rings is 1. The zero-order chi connectivity index (χ0) is 14.9. The molecule has 110 valence electrons. The van der Waals surface area contributed by atoms with Crippen LogP contribution >= 0.6 is 0 Å². The van der Waals surface area contributed by atoms with Gasteiger partial charge in [0, 0.05) is 17.1 Å². The lowest BCUT2D eigenvalue weighted by molar-refractivity contribution is 0.723. The van der Waals surface area contributed by atoms with E-state index >= 15 is 0 Å². The fraction of sp³-hybridized carbons (Fsp3) is 0.286. The van der Waals surface area contributed by atoms with Gasteiger partial charge in [0.05, 0.1) is 5.69 Å². The van der Waals surface area contributed by atoms with Gasteiger partial charge in [0.2, 0.25) is 0 Å². The van der Waals surface area contributed by atoms with Crippen LogP contribution in [0, 0.1) is 6.92 Å². The number of aromatic nitrogens is 1. The Labute approximate surface area is 132 Å². The van der Waals surface area contributed by atoms with E-state index in [-0.39, 0.29) is 0 Å². The average molecular weight is 287 g/mol. The Morgan fingerprint density at radius 1 is 0.909 bits per heavy atom. The van der Waals surface area contributed by atoms with Crippen molar-refractivity contribution in [1.82, 2.24) is 4.98 Å². The number of fused-ring (bicyclic) bond motifs is 1. The first-order valence-electron chi connectivity index (χ1n) is 8.26. The van der Waals surface area contributed by atoms with Crippen molar-refractivity contribution in [3.05, 3.63) is 65.9 Å². The maximum atomic E-state index is 4.69. The average Bonchev–Trinajstić information content (AvgIpc) is 3.08. The topological polar surface area (TPSA) is 12.9 Å². The molecule has 0 spiro atoms. The van der Waals surface area contributed by atoms with Crippen molar-refractivity contribution in [3.63, 3.8) is 0 Å². The van der Waals surface area contributed by atoms with Crippen LogP contribution in [-0.2, 0) is 0 Å². The second-order valence-electron chi connectivity index (χ2n) is 6.53. The van der Waals surface area contributed by atoms with E-state index in [1.165, 1.54) is 53.1 Å². The molecule has 0 atom stereocenters. The lowest BCUT2D eigenvalue weighted by Gasteiger charge is -2.13. The highest BCUT2D eigenvalue weighted by Gasteiger charge is 2.18. The Kier molecular flexibility index (Phi) is 3.42. The van der Waals surface area contributed by atoms with E-state index in [2.05, 4.69) is 60.4 Å². The second-order valence-corrected chi connectivity index (χ2v) is 6.53. The minimum atomic E-state index is 0.749. The quantitative estimate of drug-likeness (QED) is 0.574. The second kappa shape index (κ2) is 5.57. The highest BCUT2D eigenvalue weighted by atomic mass is 14.7. The van der Waals surface area contributed by atoms with Crippen LogP contribution in [0.1, 0.15) is 42.7 Å². The van der Waals surface area contributed by atoms with Gasteiger partial charge in [-0.05, 0) is 54.8 Å². The highest BCUT2D eigenvalue weighted by molar-refractivity contribution is 5.85. The number of hydrogen-bond acceptors (Lipinski definition) is 1. The molecule has 1 aliphatic carbocycles. The normalized spacial score (nSPS) is 15.5. The van der Waals surface area contributed by atoms with Gasteiger partial charge < -0.3 is 0 Å². The van der Waals surface area contributed by atoms with E-state index in [9.17, 15) is 0 Å². The van der Waals surface area contributed by atoms with Crippen LogP contribution in [0.25, 0.3) is 22.0 Å². The molecule has 0 aliphatic heterocycles. The molecular formula is C21H21N. The number of benzene rings is 2. The summed E-state index contributed by atoms with van der Waals surface area (Å²) < 4.78 is 0. The summed E-state index contributed by atoms with van der Waals surface area (Å²) >= 11 is 0. The molecule has 1 saturated carbocycles. The standard InChI is InChI=1S/C21H21N/c1-15-10-19(16-6-2-3-7-16)12-20(11-15)21-13-17-8-4-5-9-18(17)14-22-21/h4-5,8-14,16H,2-3,6-7H2,1H3. The molecule has 4 rings (SSSR count). The number of aryl methyl sites for hydroxylation is 1. The predicted octanol–water partition coefficient (Wildman–Crippen LogP) is 5.87. The summed E-state index contributed by atoms with van der Waals surface area (Å²) in [6, 6.07) is 17.6. The van der Waals surface area contributed by atoms with Crippen LogP contribution in [0.15, 0.2) is 54.7 Å². The van der Waals surface area contributed by atoms with Crippen molar-refractivity contribution in [3.8, 4) is 11.3 Å². The minimum absolute atomic E-state index is 0.749. The molecule has 1 heterocycles. The summed E-state index contributed by atoms with van der Waals surface area (Å²) in [5.74, 6) is 0.749. The van der Waals surface area contributed by atoms with Gasteiger partial charge in [-0.1, -0.05) is 48.7 Å². The Hall–Kier alpha value is -2.15. The lowest BCUT2D eigenvalue weighted by atomic mass is 9.93. The zero-order valence-corrected chi connectivity index (χ0v) is 13.0. The van der Waals surface area contributed by atoms with Gasteiger partial charge in [-0.2, -0.15) is 0 Å². The summed E-state index contributed by atoms with van der Waals surface area (Å²) in [6.07, 6.45) is 7.43. The third kappa shape index (κ3) is 2.52. The first-order valence-corrected chi connectivity index (χ1v) is 8.26. The molecule has 1 heteroatoms. The molecule has 1 fully saturated rings. The molecule has 0 saturated heterocycles. The van der Waals surface area contributed by atoms with Gasteiger partial charge in [-0.25, -0.2) is 0 Å². The Bertz CT molecular complexity index is 813. The molecule has 2 aromatic carbocycles. The first-order chi connectivity index (χ1) is 10.8. The monoisotopic (exact) mass is 287 g/mol. The minimum Gasteiger partial charge on any atom is -0.256 e. The van der Waals surface area contributed by atoms with Crippen molar-refractivity contribution in [2.75, 3.05) is 0 Å². The number of nitrogens with zero attached hydrogens (tertiary/aromatic N) is 1. The lowest BCUT2D eigenvalue weighted by Crippen LogP contribution is -1.95. The van der Waals surface area contributed by atoms with E-state index in [1.807, 2.05) is 6.20 Å². The maximum Gasteiger partial charge on any atom is 0.0708 e. The van der Waals surface area contributed by atoms with Gasteiger partial charge in [0.15, 0.2) is 0 Å². The predicted molar refractivity (Wildman–Crippen MR) is 93.1 cm³/mol. The molecule has 0 unspecified atom stereocenters. The fourth-order valence-electron chi connectivity index (χ4n) is 3.70. The Balaban J connectivity index is 1.79. The van der Waals surface area contributed by atoms with Gasteiger partial charge in [0.25, 0.3) is 0 Å². The fourth-order valence-corrected chi connectivity index (χ4v) is 3.70. The van der Waals surface area contributed by atoms with Crippen LogP contribution in [0.2, 0.25) is 0 Å². The SMILES string of the molecule is Cc1cc(-c2cc3ccccc3cn2)cc(C2CCCC2)c1. The van der Waals surface area contributed by atoms with Crippen LogP contribution in [0.4, 0.5) is 0 Å². The molecule has 0 amide bonds. The molecule has 0 radical (unpaired) electrons. The van der Waals surface area contributed by atoms with Gasteiger partial charge >= 0.3 is 0 Å². The number of hydrogen-bond donors (Lipinski definition) is 0. The van der Waals surface area contributed by atoms with Crippen molar-refractivity contribution in [2.24, 2.45) is 0 Å². The molecule has 3 aromatic rings. The van der Waals surface area contributed by atoms with Crippen molar-refractivity contribution in [1.29, 1.82) is 0 Å². The van der Waals surface area contributed by atoms with Crippen LogP contribution in [0.3, 0.4) is 0 Å². The van der Waals surface area contributed by atoms with E-state index in [4.69, 9.17) is 0 Å². The summed E-state index contributed by atoms with van der Waals surface area (Å²) in [5.41, 5.74) is 5.19. The zero-order valence-electron chi connectivity index (χ0n) is 13.0. The first kappa shape index (κ1) is 13.5. The summed E-state index contributed by atoms with van der Waals surface area (Å²) in [5, 5.41) is 2.46. The van der Waals surface area contributed by atoms with Crippen molar-refractivity contribution >= 4 is 10.8 Å². The van der Waals surface area contributed by atoms with Crippen LogP contribution in [-0.4, -0.2) is 4.98 Å². The molecule has 1 aromatic heterocycles. The Morgan fingerprint density at radius 2 is 1.68 bits per heavy atom. The van der Waals surface area contributed by atoms with Gasteiger partial charge in [-0.15, -0.1) is 0 Å². The third-order valence-corrected chi connectivity index (χ3v) is 4.85. The smallest absolute Gasteiger partial charge is 0.0708 e. The molecular weight excluding hydrogens is 266 g/mol. The number of rotatable bonds is 2. The van der Waals surface area contributed by atoms with Crippen molar-refractivity contribution in [2.45, 2.75) is 38.5 Å². The Morgan fingerprint density at radius 3 is 2.50 bits per heavy atom. The van der Waals surface area contributed by atoms with Crippen LogP contribution in [0.5, 0.6) is 0 Å². The highest BCUT2D eigenvalue weighted by Crippen LogP contribution is 2.36. The molecule has 0 N–H and O–H groups in total. The van der Waals surface area contributed by atoms with E-state index < -0.39 is 0 Å². The summed E-state index contributed by atoms with van der Waals surface area (Å²) in [6.45, 7) is 2.20. The molecule has 1 nitrogen and oxygen atoms in total. The van der Waals surface area contributed by atoms with Crippen LogP contribution < -0.4 is 0 Å². The third-order valence-electron chi connectivity index (χ3n) is 4.85. The van der Waals surface area contributed by atoms with E-state index in [0.29, 0.717) is 0 Å². The summed E-state index contributed by atoms with van der Waals surface area (Å²) in [7, 11) is 0. The molecule has 22 heavy (non-hydrogen) atoms. The van der Waals surface area contributed by atoms with Gasteiger partial charge in [-0.3, -0.25) is 4.98 Å². The molecule has 1 aliphatic rings. The van der Waals surface area contributed by atoms with E-state index in [1.54, 1.807) is 0 Å². The van der Waals surface area contributed by atoms with Gasteiger partial charge in [0.1, 0.15) is 0 Å². The van der Waals surface area contributed by atoms with Crippen molar-refractivity contribution < 1.29 is 0 Å². The summed E-state index contributed by atoms with van der Waals surface area (Å²) in [4.78, 5) is 4.69.